The molecule has 1 fully saturated rings. The Morgan fingerprint density at radius 2 is 2.26 bits per heavy atom. The van der Waals surface area contributed by atoms with Crippen molar-refractivity contribution < 1.29 is 4.79 Å². The topological polar surface area (TPSA) is 46.9 Å². The van der Waals surface area contributed by atoms with Crippen LogP contribution in [0.25, 0.3) is 0 Å². The molecular weight excluding hydrogens is 310 g/mol. The summed E-state index contributed by atoms with van der Waals surface area (Å²) in [7, 11) is 0. The number of fused-ring (bicyclic) bond motifs is 1. The highest BCUT2D eigenvalue weighted by atomic mass is 35.5. The molecular formula is C18H20ClN3O. The summed E-state index contributed by atoms with van der Waals surface area (Å²) in [5, 5.41) is 3.95. The number of amides is 1. The van der Waals surface area contributed by atoms with Gasteiger partial charge in [0, 0.05) is 30.2 Å². The number of nitrogens with zero attached hydrogens (tertiary/aromatic N) is 2. The predicted molar refractivity (Wildman–Crippen MR) is 89.6 cm³/mol. The first-order valence-corrected chi connectivity index (χ1v) is 8.54. The van der Waals surface area contributed by atoms with Crippen LogP contribution in [0.3, 0.4) is 0 Å². The largest absolute Gasteiger partial charge is 0.351 e. The highest BCUT2D eigenvalue weighted by molar-refractivity contribution is 6.30. The molecule has 1 amide bonds. The molecule has 1 aliphatic heterocycles. The first-order valence-electron chi connectivity index (χ1n) is 8.16. The van der Waals surface area contributed by atoms with E-state index in [1.165, 1.54) is 0 Å². The molecule has 23 heavy (non-hydrogen) atoms. The van der Waals surface area contributed by atoms with E-state index in [0.717, 1.165) is 49.3 Å². The van der Waals surface area contributed by atoms with Crippen LogP contribution < -0.4 is 5.32 Å². The molecule has 0 unspecified atom stereocenters. The van der Waals surface area contributed by atoms with E-state index in [0.29, 0.717) is 5.02 Å². The zero-order valence-corrected chi connectivity index (χ0v) is 13.9. The van der Waals surface area contributed by atoms with Crippen molar-refractivity contribution in [3.05, 3.63) is 52.6 Å². The van der Waals surface area contributed by atoms with E-state index < -0.39 is 0 Å². The molecule has 1 atom stereocenters. The average molecular weight is 330 g/mol. The van der Waals surface area contributed by atoms with Gasteiger partial charge in [0.15, 0.2) is 0 Å². The fourth-order valence-corrected chi connectivity index (χ4v) is 3.78. The van der Waals surface area contributed by atoms with Crippen LogP contribution in [0.1, 0.15) is 36.3 Å². The zero-order chi connectivity index (χ0) is 16.0. The number of nitrogens with one attached hydrogen (secondary N) is 1. The van der Waals surface area contributed by atoms with E-state index in [2.05, 4.69) is 21.1 Å². The third-order valence-corrected chi connectivity index (χ3v) is 5.25. The van der Waals surface area contributed by atoms with E-state index >= 15 is 0 Å². The van der Waals surface area contributed by atoms with Crippen molar-refractivity contribution in [1.29, 1.82) is 0 Å². The monoisotopic (exact) mass is 329 g/mol. The highest BCUT2D eigenvalue weighted by Crippen LogP contribution is 2.49. The summed E-state index contributed by atoms with van der Waals surface area (Å²) in [5.74, 6) is 1.27. The van der Waals surface area contributed by atoms with Crippen LogP contribution in [0.2, 0.25) is 5.02 Å². The number of aryl methyl sites for hydroxylation is 2. The van der Waals surface area contributed by atoms with Gasteiger partial charge >= 0.3 is 0 Å². The number of benzene rings is 1. The number of carbonyl (C=O) groups is 1. The van der Waals surface area contributed by atoms with Crippen LogP contribution in [0.15, 0.2) is 30.5 Å². The van der Waals surface area contributed by atoms with Gasteiger partial charge in [0.2, 0.25) is 5.91 Å². The van der Waals surface area contributed by atoms with Gasteiger partial charge in [-0.1, -0.05) is 23.7 Å². The first kappa shape index (κ1) is 14.8. The predicted octanol–water partition coefficient (Wildman–Crippen LogP) is 3.01. The summed E-state index contributed by atoms with van der Waals surface area (Å²) in [6, 6.07) is 7.89. The Morgan fingerprint density at radius 1 is 1.43 bits per heavy atom. The molecule has 2 aromatic rings. The Morgan fingerprint density at radius 3 is 3.00 bits per heavy atom. The highest BCUT2D eigenvalue weighted by Gasteiger charge is 2.51. The first-order chi connectivity index (χ1) is 11.1. The summed E-state index contributed by atoms with van der Waals surface area (Å²) in [5.41, 5.74) is 1.72. The maximum Gasteiger partial charge on any atom is 0.230 e. The Bertz CT molecular complexity index is 763. The summed E-state index contributed by atoms with van der Waals surface area (Å²) >= 11 is 6.09. The van der Waals surface area contributed by atoms with Crippen LogP contribution in [0, 0.1) is 6.92 Å². The summed E-state index contributed by atoms with van der Waals surface area (Å²) < 4.78 is 2.17. The quantitative estimate of drug-likeness (QED) is 0.941. The second-order valence-electron chi connectivity index (χ2n) is 6.75. The lowest BCUT2D eigenvalue weighted by molar-refractivity contribution is -0.124. The van der Waals surface area contributed by atoms with Crippen LogP contribution in [0.4, 0.5) is 0 Å². The van der Waals surface area contributed by atoms with Crippen LogP contribution >= 0.6 is 11.6 Å². The number of rotatable bonds is 3. The minimum Gasteiger partial charge on any atom is -0.351 e. The number of hydrogen-bond donors (Lipinski definition) is 1. The second kappa shape index (κ2) is 5.38. The molecule has 2 aliphatic rings. The second-order valence-corrected chi connectivity index (χ2v) is 7.19. The van der Waals surface area contributed by atoms with Gasteiger partial charge in [-0.15, -0.1) is 0 Å². The molecule has 1 saturated carbocycles. The van der Waals surface area contributed by atoms with Crippen molar-refractivity contribution in [2.24, 2.45) is 0 Å². The molecule has 5 heteroatoms. The van der Waals surface area contributed by atoms with Gasteiger partial charge in [-0.25, -0.2) is 4.98 Å². The van der Waals surface area contributed by atoms with Crippen LogP contribution in [-0.2, 0) is 23.2 Å². The van der Waals surface area contributed by atoms with Crippen molar-refractivity contribution in [2.45, 2.75) is 50.6 Å². The Kier molecular flexibility index (Phi) is 3.45. The third kappa shape index (κ3) is 2.65. The number of imidazole rings is 1. The SMILES string of the molecule is Cc1cn2c(n1)CC[C@@H](NC(=O)C1(c3cccc(Cl)c3)CC1)C2. The van der Waals surface area contributed by atoms with Gasteiger partial charge < -0.3 is 9.88 Å². The molecule has 4 nitrogen and oxygen atoms in total. The van der Waals surface area contributed by atoms with Gasteiger partial charge in [0.25, 0.3) is 0 Å². The third-order valence-electron chi connectivity index (χ3n) is 5.01. The van der Waals surface area contributed by atoms with Gasteiger partial charge in [0.05, 0.1) is 11.1 Å². The van der Waals surface area contributed by atoms with E-state index in [4.69, 9.17) is 11.6 Å². The molecule has 4 rings (SSSR count). The molecule has 1 aliphatic carbocycles. The van der Waals surface area contributed by atoms with E-state index in [1.54, 1.807) is 0 Å². The molecule has 0 bridgehead atoms. The van der Waals surface area contributed by atoms with Crippen molar-refractivity contribution >= 4 is 17.5 Å². The number of aromatic nitrogens is 2. The number of hydrogen-bond acceptors (Lipinski definition) is 2. The van der Waals surface area contributed by atoms with Crippen molar-refractivity contribution in [1.82, 2.24) is 14.9 Å². The molecule has 1 aromatic heterocycles. The molecule has 2 heterocycles. The van der Waals surface area contributed by atoms with Gasteiger partial charge in [0.1, 0.15) is 5.82 Å². The molecule has 0 radical (unpaired) electrons. The average Bonchev–Trinajstić information content (AvgIpc) is 3.24. The van der Waals surface area contributed by atoms with Gasteiger partial charge in [-0.3, -0.25) is 4.79 Å². The Balaban J connectivity index is 1.48. The summed E-state index contributed by atoms with van der Waals surface area (Å²) in [4.78, 5) is 17.4. The van der Waals surface area contributed by atoms with Crippen molar-refractivity contribution in [2.75, 3.05) is 0 Å². The summed E-state index contributed by atoms with van der Waals surface area (Å²) in [6.45, 7) is 2.82. The fourth-order valence-electron chi connectivity index (χ4n) is 3.59. The normalized spacial score (nSPS) is 21.6. The van der Waals surface area contributed by atoms with E-state index in [1.807, 2.05) is 31.2 Å². The van der Waals surface area contributed by atoms with Gasteiger partial charge in [-0.2, -0.15) is 0 Å². The van der Waals surface area contributed by atoms with Crippen molar-refractivity contribution in [3.63, 3.8) is 0 Å². The molecule has 0 spiro atoms. The zero-order valence-electron chi connectivity index (χ0n) is 13.2. The Labute approximate surface area is 140 Å². The maximum absolute atomic E-state index is 12.8. The standard InChI is InChI=1S/C18H20ClN3O/c1-12-10-22-11-15(5-6-16(22)20-12)21-17(23)18(7-8-18)13-3-2-4-14(19)9-13/h2-4,9-10,15H,5-8,11H2,1H3,(H,21,23)/t15-/m1/s1. The van der Waals surface area contributed by atoms with E-state index in [-0.39, 0.29) is 17.4 Å². The Hall–Kier alpha value is -1.81. The van der Waals surface area contributed by atoms with Crippen LogP contribution in [0.5, 0.6) is 0 Å². The molecule has 1 N–H and O–H groups in total. The molecule has 0 saturated heterocycles. The van der Waals surface area contributed by atoms with Crippen LogP contribution in [-0.4, -0.2) is 21.5 Å². The minimum absolute atomic E-state index is 0.144. The summed E-state index contributed by atoms with van der Waals surface area (Å²) in [6.07, 6.45) is 5.75. The minimum atomic E-state index is -0.365. The lowest BCUT2D eigenvalue weighted by Gasteiger charge is -2.27. The smallest absolute Gasteiger partial charge is 0.230 e. The fraction of sp³-hybridized carbons (Fsp3) is 0.444. The lowest BCUT2D eigenvalue weighted by atomic mass is 9.94. The number of halogens is 1. The maximum atomic E-state index is 12.8. The van der Waals surface area contributed by atoms with E-state index in [9.17, 15) is 4.79 Å². The molecule has 120 valence electrons. The lowest BCUT2D eigenvalue weighted by Crippen LogP contribution is -2.45. The van der Waals surface area contributed by atoms with Gasteiger partial charge in [-0.05, 0) is 43.9 Å². The number of carbonyl (C=O) groups excluding carboxylic acids is 1. The molecule has 1 aromatic carbocycles. The van der Waals surface area contributed by atoms with Crippen molar-refractivity contribution in [3.8, 4) is 0 Å².